The minimum absolute atomic E-state index is 0.847. The summed E-state index contributed by atoms with van der Waals surface area (Å²) in [6, 6.07) is 9.12. The summed E-state index contributed by atoms with van der Waals surface area (Å²) in [5.74, 6) is 2.55. The zero-order chi connectivity index (χ0) is 13.9. The van der Waals surface area contributed by atoms with Gasteiger partial charge in [0.05, 0.1) is 4.58 Å². The van der Waals surface area contributed by atoms with Gasteiger partial charge < -0.3 is 0 Å². The van der Waals surface area contributed by atoms with E-state index >= 15 is 0 Å². The Kier molecular flexibility index (Phi) is 9.54. The Hall–Kier alpha value is -0.0800. The molecule has 1 aromatic carbocycles. The number of aryl methyl sites for hydroxylation is 1. The first-order valence-corrected chi connectivity index (χ1v) is 9.70. The number of hydrogen-bond donors (Lipinski definition) is 0. The van der Waals surface area contributed by atoms with Crippen LogP contribution in [-0.4, -0.2) is 10.3 Å². The van der Waals surface area contributed by atoms with E-state index in [9.17, 15) is 0 Å². The van der Waals surface area contributed by atoms with Crippen molar-refractivity contribution in [2.75, 3.05) is 5.75 Å². The summed E-state index contributed by atoms with van der Waals surface area (Å²) in [6.45, 7) is 6.46. The van der Waals surface area contributed by atoms with E-state index in [2.05, 4.69) is 68.6 Å². The molecule has 1 aromatic rings. The van der Waals surface area contributed by atoms with Gasteiger partial charge in [-0.3, -0.25) is 0 Å². The van der Waals surface area contributed by atoms with Crippen molar-refractivity contribution in [2.24, 2.45) is 0 Å². The van der Waals surface area contributed by atoms with Crippen LogP contribution in [0.2, 0.25) is 0 Å². The highest BCUT2D eigenvalue weighted by Gasteiger charge is 2.13. The van der Waals surface area contributed by atoms with Crippen LogP contribution in [0.4, 0.5) is 0 Å². The first-order chi connectivity index (χ1) is 9.30. The van der Waals surface area contributed by atoms with E-state index in [1.807, 2.05) is 0 Å². The summed E-state index contributed by atoms with van der Waals surface area (Å²) in [4.78, 5) is 0. The monoisotopic (exact) mass is 296 g/mol. The second-order valence-corrected chi connectivity index (χ2v) is 7.78. The van der Waals surface area contributed by atoms with E-state index in [-0.39, 0.29) is 0 Å². The third kappa shape index (κ3) is 7.31. The summed E-state index contributed by atoms with van der Waals surface area (Å²) in [6.07, 6.45) is 6.65. The Morgan fingerprint density at radius 2 is 1.68 bits per heavy atom. The third-order valence-corrected chi connectivity index (χ3v) is 6.06. The zero-order valence-electron chi connectivity index (χ0n) is 12.7. The fraction of sp³-hybridized carbons (Fsp3) is 0.647. The van der Waals surface area contributed by atoms with Crippen molar-refractivity contribution in [1.82, 2.24) is 0 Å². The molecule has 1 heterocycles. The highest BCUT2D eigenvalue weighted by Crippen LogP contribution is 2.35. The van der Waals surface area contributed by atoms with Crippen molar-refractivity contribution in [3.05, 3.63) is 35.4 Å². The molecule has 0 spiro atoms. The van der Waals surface area contributed by atoms with Crippen LogP contribution in [0.3, 0.4) is 0 Å². The molecule has 0 radical (unpaired) electrons. The van der Waals surface area contributed by atoms with Crippen LogP contribution in [-0.2, 0) is 12.2 Å². The van der Waals surface area contributed by atoms with Crippen LogP contribution < -0.4 is 0 Å². The normalized spacial score (nSPS) is 18.6. The lowest BCUT2D eigenvalue weighted by atomic mass is 10.1. The minimum Gasteiger partial charge on any atom is -0.148 e. The van der Waals surface area contributed by atoms with Crippen LogP contribution in [0.15, 0.2) is 24.3 Å². The highest BCUT2D eigenvalue weighted by atomic mass is 32.2. The molecule has 0 bridgehead atoms. The maximum atomic E-state index is 2.29. The molecule has 2 heteroatoms. The first kappa shape index (κ1) is 17.0. The summed E-state index contributed by atoms with van der Waals surface area (Å²) >= 11 is 4.28. The van der Waals surface area contributed by atoms with Gasteiger partial charge in [-0.2, -0.15) is 0 Å². The molecule has 0 aromatic heterocycles. The SMILES string of the molecule is CCC.CCc1ccc(CSC2CCCCS2)cc1. The molecule has 1 atom stereocenters. The molecule has 1 unspecified atom stereocenters. The van der Waals surface area contributed by atoms with Crippen molar-refractivity contribution in [3.63, 3.8) is 0 Å². The van der Waals surface area contributed by atoms with Crippen LogP contribution in [0.5, 0.6) is 0 Å². The van der Waals surface area contributed by atoms with E-state index < -0.39 is 0 Å². The Morgan fingerprint density at radius 1 is 1.05 bits per heavy atom. The molecule has 1 aliphatic heterocycles. The van der Waals surface area contributed by atoms with E-state index in [0.29, 0.717) is 0 Å². The number of thioether (sulfide) groups is 2. The van der Waals surface area contributed by atoms with Crippen molar-refractivity contribution in [2.45, 2.75) is 63.2 Å². The number of hydrogen-bond acceptors (Lipinski definition) is 2. The molecule has 0 saturated carbocycles. The van der Waals surface area contributed by atoms with Crippen molar-refractivity contribution in [1.29, 1.82) is 0 Å². The quantitative estimate of drug-likeness (QED) is 0.654. The highest BCUT2D eigenvalue weighted by molar-refractivity contribution is 8.16. The largest absolute Gasteiger partial charge is 0.148 e. The van der Waals surface area contributed by atoms with Gasteiger partial charge in [0.1, 0.15) is 0 Å². The predicted molar refractivity (Wildman–Crippen MR) is 93.2 cm³/mol. The molecular formula is C17H28S2. The first-order valence-electron chi connectivity index (χ1n) is 7.61. The molecule has 0 aliphatic carbocycles. The van der Waals surface area contributed by atoms with Crippen LogP contribution >= 0.6 is 23.5 Å². The molecule has 0 nitrogen and oxygen atoms in total. The molecule has 1 fully saturated rings. The van der Waals surface area contributed by atoms with Gasteiger partial charge in [-0.15, -0.1) is 23.5 Å². The summed E-state index contributed by atoms with van der Waals surface area (Å²) in [5.41, 5.74) is 2.93. The standard InChI is InChI=1S/C14H20S2.C3H8/c1-2-12-6-8-13(9-7-12)11-16-14-5-3-4-10-15-14;1-3-2/h6-9,14H,2-5,10-11H2,1H3;3H2,1-2H3. The smallest absolute Gasteiger partial charge is 0.0505 e. The van der Waals surface area contributed by atoms with Crippen LogP contribution in [0.1, 0.15) is 57.6 Å². The van der Waals surface area contributed by atoms with Gasteiger partial charge in [-0.1, -0.05) is 57.9 Å². The number of rotatable bonds is 4. The molecule has 1 aliphatic rings. The Labute approximate surface area is 128 Å². The number of benzene rings is 1. The summed E-state index contributed by atoms with van der Waals surface area (Å²) in [7, 11) is 0. The lowest BCUT2D eigenvalue weighted by Crippen LogP contribution is -2.05. The fourth-order valence-corrected chi connectivity index (χ4v) is 4.65. The van der Waals surface area contributed by atoms with Crippen LogP contribution in [0.25, 0.3) is 0 Å². The van der Waals surface area contributed by atoms with Crippen LogP contribution in [0, 0.1) is 0 Å². The lowest BCUT2D eigenvalue weighted by molar-refractivity contribution is 0.747. The molecule has 1 saturated heterocycles. The molecule has 19 heavy (non-hydrogen) atoms. The summed E-state index contributed by atoms with van der Waals surface area (Å²) < 4.78 is 0.847. The van der Waals surface area contributed by atoms with E-state index in [1.165, 1.54) is 48.3 Å². The fourth-order valence-electron chi connectivity index (χ4n) is 1.90. The molecule has 2 rings (SSSR count). The van der Waals surface area contributed by atoms with Gasteiger partial charge in [0.15, 0.2) is 0 Å². The minimum atomic E-state index is 0.847. The predicted octanol–water partition coefficient (Wildman–Crippen LogP) is 6.14. The average Bonchev–Trinajstić information content (AvgIpc) is 2.47. The van der Waals surface area contributed by atoms with E-state index in [4.69, 9.17) is 0 Å². The second kappa shape index (κ2) is 10.7. The van der Waals surface area contributed by atoms with Gasteiger partial charge in [-0.05, 0) is 36.1 Å². The molecule has 0 N–H and O–H groups in total. The van der Waals surface area contributed by atoms with Gasteiger partial charge in [0, 0.05) is 5.75 Å². The third-order valence-electron chi connectivity index (χ3n) is 3.01. The summed E-state index contributed by atoms with van der Waals surface area (Å²) in [5, 5.41) is 0. The molecule has 108 valence electrons. The van der Waals surface area contributed by atoms with Gasteiger partial charge in [0.25, 0.3) is 0 Å². The maximum absolute atomic E-state index is 2.29. The molecular weight excluding hydrogens is 268 g/mol. The average molecular weight is 297 g/mol. The molecule has 0 amide bonds. The maximum Gasteiger partial charge on any atom is 0.0505 e. The van der Waals surface area contributed by atoms with Gasteiger partial charge in [0.2, 0.25) is 0 Å². The lowest BCUT2D eigenvalue weighted by Gasteiger charge is -2.20. The Bertz CT molecular complexity index is 313. The topological polar surface area (TPSA) is 0 Å². The zero-order valence-corrected chi connectivity index (χ0v) is 14.3. The second-order valence-electron chi connectivity index (χ2n) is 4.98. The van der Waals surface area contributed by atoms with Gasteiger partial charge >= 0.3 is 0 Å². The van der Waals surface area contributed by atoms with E-state index in [1.54, 1.807) is 0 Å². The Balaban J connectivity index is 0.000000550. The van der Waals surface area contributed by atoms with Crippen molar-refractivity contribution >= 4 is 23.5 Å². The van der Waals surface area contributed by atoms with Crippen molar-refractivity contribution < 1.29 is 0 Å². The van der Waals surface area contributed by atoms with E-state index in [0.717, 1.165) is 11.0 Å². The van der Waals surface area contributed by atoms with Crippen molar-refractivity contribution in [3.8, 4) is 0 Å². The van der Waals surface area contributed by atoms with Gasteiger partial charge in [-0.25, -0.2) is 0 Å². The Morgan fingerprint density at radius 3 is 2.21 bits per heavy atom.